The van der Waals surface area contributed by atoms with Crippen LogP contribution in [0.15, 0.2) is 48.6 Å². The number of nitrogens with one attached hydrogen (secondary N) is 1. The number of hydrogen-bond donors (Lipinski definition) is 2. The molecule has 6 atom stereocenters. The van der Waals surface area contributed by atoms with Crippen LogP contribution >= 0.6 is 11.6 Å². The molecule has 6 rings (SSSR count). The Hall–Kier alpha value is -2.55. The van der Waals surface area contributed by atoms with Gasteiger partial charge in [-0.15, -0.1) is 0 Å². The third kappa shape index (κ3) is 5.51. The van der Waals surface area contributed by atoms with E-state index in [0.717, 1.165) is 42.8 Å². The number of carbonyl (C=O) groups is 1. The lowest BCUT2D eigenvalue weighted by molar-refractivity contribution is 0.0454. The largest absolute Gasteiger partial charge is 0.490 e. The first-order valence-electron chi connectivity index (χ1n) is 14.8. The molecule has 0 unspecified atom stereocenters. The topological polar surface area (TPSA) is 95.9 Å². The molecule has 2 aliphatic heterocycles. The number of hydrogen-bond acceptors (Lipinski definition) is 6. The summed E-state index contributed by atoms with van der Waals surface area (Å²) in [5, 5.41) is 11.1. The van der Waals surface area contributed by atoms with E-state index >= 15 is 0 Å². The van der Waals surface area contributed by atoms with Crippen molar-refractivity contribution in [3.8, 4) is 5.75 Å². The van der Waals surface area contributed by atoms with Gasteiger partial charge in [0.05, 0.1) is 23.6 Å². The predicted octanol–water partition coefficient (Wildman–Crippen LogP) is 5.24. The minimum atomic E-state index is -3.89. The Morgan fingerprint density at radius 3 is 2.73 bits per heavy atom. The SMILES string of the molecule is C[C@H]1/C=C/[C@H](O)[C@@H]2CC[C@H]2CN2C[C@@]3(CCCc4cc(Cl)ccc43)COc3ccc(cc32)C(=O)NS(=O)(=O)[C@@H](C)C1. The average molecular weight is 599 g/mol. The average Bonchev–Trinajstić information content (AvgIpc) is 3.06. The van der Waals surface area contributed by atoms with Gasteiger partial charge in [-0.3, -0.25) is 4.79 Å². The molecule has 1 saturated carbocycles. The zero-order valence-electron chi connectivity index (χ0n) is 23.7. The first-order valence-corrected chi connectivity index (χ1v) is 16.7. The van der Waals surface area contributed by atoms with Crippen molar-refractivity contribution in [3.05, 3.63) is 70.3 Å². The molecule has 41 heavy (non-hydrogen) atoms. The molecule has 220 valence electrons. The highest BCUT2D eigenvalue weighted by atomic mass is 35.5. The third-order valence-corrected chi connectivity index (χ3v) is 11.7. The molecule has 0 aromatic heterocycles. The Morgan fingerprint density at radius 1 is 1.12 bits per heavy atom. The summed E-state index contributed by atoms with van der Waals surface area (Å²) >= 11 is 6.38. The van der Waals surface area contributed by atoms with Gasteiger partial charge in [-0.1, -0.05) is 36.7 Å². The number of aryl methyl sites for hydroxylation is 1. The number of aliphatic hydroxyl groups is 1. The predicted molar refractivity (Wildman–Crippen MR) is 161 cm³/mol. The summed E-state index contributed by atoms with van der Waals surface area (Å²) in [6.07, 6.45) is 8.45. The second-order valence-electron chi connectivity index (χ2n) is 12.7. The number of halogens is 1. The van der Waals surface area contributed by atoms with E-state index in [0.29, 0.717) is 31.9 Å². The number of aliphatic hydroxyl groups excluding tert-OH is 1. The Bertz CT molecular complexity index is 1480. The quantitative estimate of drug-likeness (QED) is 0.403. The Kier molecular flexibility index (Phi) is 7.62. The van der Waals surface area contributed by atoms with E-state index in [1.807, 2.05) is 25.1 Å². The molecule has 2 heterocycles. The van der Waals surface area contributed by atoms with E-state index in [1.165, 1.54) is 11.1 Å². The fraction of sp³-hybridized carbons (Fsp3) is 0.531. The second-order valence-corrected chi connectivity index (χ2v) is 15.2. The smallest absolute Gasteiger partial charge is 0.264 e. The van der Waals surface area contributed by atoms with Gasteiger partial charge in [-0.25, -0.2) is 13.1 Å². The summed E-state index contributed by atoms with van der Waals surface area (Å²) in [6.45, 7) is 5.46. The van der Waals surface area contributed by atoms with E-state index in [1.54, 1.807) is 25.1 Å². The number of amides is 1. The molecule has 2 N–H and O–H groups in total. The molecule has 1 amide bonds. The molecular formula is C32H39ClN2O5S. The van der Waals surface area contributed by atoms with Crippen molar-refractivity contribution >= 4 is 33.2 Å². The maximum absolute atomic E-state index is 13.3. The number of benzene rings is 2. The third-order valence-electron chi connectivity index (χ3n) is 9.77. The number of sulfonamides is 1. The fourth-order valence-electron chi connectivity index (χ4n) is 7.27. The molecule has 2 aliphatic carbocycles. The highest BCUT2D eigenvalue weighted by Crippen LogP contribution is 2.46. The number of allylic oxidation sites excluding steroid dienone is 1. The molecule has 1 fully saturated rings. The van der Waals surface area contributed by atoms with Crippen LogP contribution in [0.5, 0.6) is 5.75 Å². The molecule has 7 nitrogen and oxygen atoms in total. The minimum Gasteiger partial charge on any atom is -0.490 e. The van der Waals surface area contributed by atoms with Crippen LogP contribution in [0.3, 0.4) is 0 Å². The number of carbonyl (C=O) groups excluding carboxylic acids is 1. The van der Waals surface area contributed by atoms with Gasteiger partial charge in [0.2, 0.25) is 10.0 Å². The fourth-order valence-corrected chi connectivity index (χ4v) is 8.60. The van der Waals surface area contributed by atoms with Crippen LogP contribution in [-0.4, -0.2) is 50.5 Å². The van der Waals surface area contributed by atoms with Crippen LogP contribution in [0.4, 0.5) is 5.69 Å². The van der Waals surface area contributed by atoms with E-state index in [2.05, 4.69) is 21.8 Å². The normalized spacial score (nSPS) is 33.8. The molecular weight excluding hydrogens is 560 g/mol. The number of nitrogens with zero attached hydrogens (tertiary/aromatic N) is 1. The van der Waals surface area contributed by atoms with Crippen LogP contribution in [-0.2, 0) is 21.9 Å². The van der Waals surface area contributed by atoms with Gasteiger partial charge < -0.3 is 14.7 Å². The second kappa shape index (κ2) is 10.9. The number of ether oxygens (including phenoxy) is 1. The van der Waals surface area contributed by atoms with Crippen LogP contribution < -0.4 is 14.4 Å². The van der Waals surface area contributed by atoms with E-state index in [4.69, 9.17) is 16.3 Å². The van der Waals surface area contributed by atoms with E-state index in [9.17, 15) is 18.3 Å². The van der Waals surface area contributed by atoms with Crippen LogP contribution in [0.2, 0.25) is 5.02 Å². The van der Waals surface area contributed by atoms with Crippen molar-refractivity contribution in [2.45, 2.75) is 69.1 Å². The maximum Gasteiger partial charge on any atom is 0.264 e. The molecule has 0 radical (unpaired) electrons. The van der Waals surface area contributed by atoms with Crippen molar-refractivity contribution in [3.63, 3.8) is 0 Å². The van der Waals surface area contributed by atoms with Gasteiger partial charge >= 0.3 is 0 Å². The molecule has 2 aromatic rings. The standard InChI is InChI=1S/C32H39ClN2O5S/c1-20-5-11-29(36)26-9-6-24(26)17-35-18-32(13-3-4-22-15-25(33)8-10-27(22)32)19-40-30-12-7-23(16-28(30)35)31(37)34-41(38,39)21(2)14-20/h5,7-8,10-12,15-16,20-21,24,26,29,36H,3-4,6,9,13-14,17-19H2,1-2H3,(H,34,37)/b11-5+/t20-,21-,24-,26+,29-,32-/m0/s1. The molecule has 4 aliphatic rings. The summed E-state index contributed by atoms with van der Waals surface area (Å²) in [5.74, 6) is 0.391. The lowest BCUT2D eigenvalue weighted by Gasteiger charge is -2.45. The number of rotatable bonds is 0. The first-order chi connectivity index (χ1) is 19.5. The van der Waals surface area contributed by atoms with Gasteiger partial charge in [0.25, 0.3) is 5.91 Å². The summed E-state index contributed by atoms with van der Waals surface area (Å²) < 4.78 is 34.9. The van der Waals surface area contributed by atoms with Gasteiger partial charge in [-0.05, 0) is 105 Å². The maximum atomic E-state index is 13.3. The number of fused-ring (bicyclic) bond motifs is 4. The van der Waals surface area contributed by atoms with Gasteiger partial charge in [-0.2, -0.15) is 0 Å². The van der Waals surface area contributed by atoms with Gasteiger partial charge in [0, 0.05) is 29.1 Å². The van der Waals surface area contributed by atoms with Crippen LogP contribution in [0.1, 0.15) is 67.4 Å². The van der Waals surface area contributed by atoms with Crippen molar-refractivity contribution in [2.24, 2.45) is 17.8 Å². The lowest BCUT2D eigenvalue weighted by atomic mass is 9.68. The zero-order chi connectivity index (χ0) is 28.9. The highest BCUT2D eigenvalue weighted by Gasteiger charge is 2.44. The van der Waals surface area contributed by atoms with Crippen molar-refractivity contribution in [1.82, 2.24) is 4.72 Å². The summed E-state index contributed by atoms with van der Waals surface area (Å²) in [7, 11) is -3.89. The van der Waals surface area contributed by atoms with Gasteiger partial charge in [0.1, 0.15) is 5.75 Å². The van der Waals surface area contributed by atoms with Crippen LogP contribution in [0.25, 0.3) is 0 Å². The summed E-state index contributed by atoms with van der Waals surface area (Å²) in [5.41, 5.74) is 3.33. The summed E-state index contributed by atoms with van der Waals surface area (Å²) in [6, 6.07) is 11.4. The van der Waals surface area contributed by atoms with Gasteiger partial charge in [0.15, 0.2) is 0 Å². The highest BCUT2D eigenvalue weighted by molar-refractivity contribution is 7.90. The first kappa shape index (κ1) is 28.6. The summed E-state index contributed by atoms with van der Waals surface area (Å²) in [4.78, 5) is 15.6. The van der Waals surface area contributed by atoms with Crippen molar-refractivity contribution < 1.29 is 23.1 Å². The number of anilines is 1. The Labute approximate surface area is 248 Å². The molecule has 2 aromatic carbocycles. The van der Waals surface area contributed by atoms with E-state index < -0.39 is 27.3 Å². The molecule has 9 heteroatoms. The van der Waals surface area contributed by atoms with Crippen molar-refractivity contribution in [1.29, 1.82) is 0 Å². The van der Waals surface area contributed by atoms with E-state index in [-0.39, 0.29) is 28.7 Å². The zero-order valence-corrected chi connectivity index (χ0v) is 25.3. The Morgan fingerprint density at radius 2 is 1.95 bits per heavy atom. The molecule has 1 spiro atoms. The molecule has 0 saturated heterocycles. The van der Waals surface area contributed by atoms with Crippen LogP contribution in [0, 0.1) is 17.8 Å². The Balaban J connectivity index is 1.42. The monoisotopic (exact) mass is 598 g/mol. The molecule has 2 bridgehead atoms. The lowest BCUT2D eigenvalue weighted by Crippen LogP contribution is -2.49. The minimum absolute atomic E-state index is 0.0638. The van der Waals surface area contributed by atoms with Crippen molar-refractivity contribution in [2.75, 3.05) is 24.6 Å².